The molecule has 11 nitrogen and oxygen atoms in total. The van der Waals surface area contributed by atoms with Gasteiger partial charge in [-0.15, -0.1) is 0 Å². The summed E-state index contributed by atoms with van der Waals surface area (Å²) in [6, 6.07) is -1.29. The molecule has 13 heteroatoms. The van der Waals surface area contributed by atoms with Gasteiger partial charge in [-0.3, -0.25) is 19.4 Å². The molecule has 0 radical (unpaired) electrons. The van der Waals surface area contributed by atoms with E-state index in [4.69, 9.17) is 9.47 Å². The minimum absolute atomic E-state index is 0.111. The highest BCUT2D eigenvalue weighted by Crippen LogP contribution is 2.40. The third-order valence-electron chi connectivity index (χ3n) is 9.93. The smallest absolute Gasteiger partial charge is 0.410 e. The van der Waals surface area contributed by atoms with Gasteiger partial charge in [-0.25, -0.2) is 18.4 Å². The van der Waals surface area contributed by atoms with Crippen molar-refractivity contribution in [2.24, 2.45) is 5.92 Å². The van der Waals surface area contributed by atoms with Crippen LogP contribution in [0.5, 0.6) is 0 Å². The van der Waals surface area contributed by atoms with E-state index in [9.17, 15) is 19.2 Å². The molecule has 5 unspecified atom stereocenters. The lowest BCUT2D eigenvalue weighted by molar-refractivity contribution is -0.144. The zero-order valence-electron chi connectivity index (χ0n) is 25.4. The fourth-order valence-corrected chi connectivity index (χ4v) is 7.77. The summed E-state index contributed by atoms with van der Waals surface area (Å²) in [6.45, 7) is 8.70. The Morgan fingerprint density at radius 3 is 2.28 bits per heavy atom. The molecule has 4 fully saturated rings. The summed E-state index contributed by atoms with van der Waals surface area (Å²) in [6.07, 6.45) is 1.13. The van der Waals surface area contributed by atoms with Gasteiger partial charge in [0.2, 0.25) is 5.91 Å². The van der Waals surface area contributed by atoms with Crippen molar-refractivity contribution in [1.29, 1.82) is 0 Å². The quantitative estimate of drug-likeness (QED) is 0.325. The predicted octanol–water partition coefficient (Wildman–Crippen LogP) is 1.66. The molecule has 5 aliphatic rings. The SMILES string of the molecule is CCOC(=O)C1=CN(CC)C2C(CC(F)C(N3CCN(C4CCC(N5C[C@H](CNC(C)=O)OC5=O)CC4)CC3)C2F)C1=O. The maximum Gasteiger partial charge on any atom is 0.410 e. The van der Waals surface area contributed by atoms with Gasteiger partial charge in [0.1, 0.15) is 24.0 Å². The number of piperazine rings is 1. The number of esters is 1. The summed E-state index contributed by atoms with van der Waals surface area (Å²) in [4.78, 5) is 56.9. The molecule has 1 N–H and O–H groups in total. The maximum absolute atomic E-state index is 16.2. The first-order valence-electron chi connectivity index (χ1n) is 15.8. The molecule has 2 saturated carbocycles. The number of ketones is 1. The molecular formula is C30H45F2N5O6. The summed E-state index contributed by atoms with van der Waals surface area (Å²) in [7, 11) is 0. The van der Waals surface area contributed by atoms with Crippen molar-refractivity contribution >= 4 is 23.8 Å². The molecule has 2 saturated heterocycles. The highest BCUT2D eigenvalue weighted by molar-refractivity contribution is 6.18. The van der Waals surface area contributed by atoms with Crippen molar-refractivity contribution < 1.29 is 37.4 Å². The van der Waals surface area contributed by atoms with E-state index in [-0.39, 0.29) is 42.7 Å². The molecule has 0 spiro atoms. The summed E-state index contributed by atoms with van der Waals surface area (Å²) in [5.41, 5.74) is -0.127. The lowest BCUT2D eigenvalue weighted by Gasteiger charge is -2.52. The number of halogens is 2. The van der Waals surface area contributed by atoms with Gasteiger partial charge >= 0.3 is 12.1 Å². The first-order valence-corrected chi connectivity index (χ1v) is 15.8. The van der Waals surface area contributed by atoms with Gasteiger partial charge in [0.05, 0.1) is 31.8 Å². The fourth-order valence-electron chi connectivity index (χ4n) is 7.77. The van der Waals surface area contributed by atoms with Crippen LogP contribution < -0.4 is 5.32 Å². The molecule has 0 aromatic heterocycles. The number of fused-ring (bicyclic) bond motifs is 1. The zero-order chi connectivity index (χ0) is 30.8. The van der Waals surface area contributed by atoms with Crippen molar-refractivity contribution in [3.63, 3.8) is 0 Å². The van der Waals surface area contributed by atoms with Gasteiger partial charge in [-0.1, -0.05) is 0 Å². The van der Waals surface area contributed by atoms with Crippen LogP contribution in [0.25, 0.3) is 0 Å². The molecule has 5 rings (SSSR count). The van der Waals surface area contributed by atoms with Crippen LogP contribution >= 0.6 is 0 Å². The Balaban J connectivity index is 1.14. The number of nitrogens with zero attached hydrogens (tertiary/aromatic N) is 4. The van der Waals surface area contributed by atoms with E-state index in [0.29, 0.717) is 51.9 Å². The summed E-state index contributed by atoms with van der Waals surface area (Å²) < 4.78 is 42.3. The predicted molar refractivity (Wildman–Crippen MR) is 152 cm³/mol. The van der Waals surface area contributed by atoms with E-state index in [1.165, 1.54) is 13.1 Å². The third kappa shape index (κ3) is 6.52. The van der Waals surface area contributed by atoms with Crippen LogP contribution in [0.4, 0.5) is 13.6 Å². The van der Waals surface area contributed by atoms with Crippen molar-refractivity contribution in [1.82, 2.24) is 24.9 Å². The van der Waals surface area contributed by atoms with Crippen LogP contribution in [0.1, 0.15) is 52.9 Å². The number of Topliss-reactive ketones (excluding diaryl/α,β-unsaturated/α-hetero) is 1. The molecule has 3 heterocycles. The van der Waals surface area contributed by atoms with Crippen LogP contribution in [0, 0.1) is 5.92 Å². The number of cyclic esters (lactones) is 1. The molecule has 240 valence electrons. The second-order valence-corrected chi connectivity index (χ2v) is 12.4. The zero-order valence-corrected chi connectivity index (χ0v) is 25.4. The minimum Gasteiger partial charge on any atom is -0.462 e. The van der Waals surface area contributed by atoms with E-state index < -0.39 is 42.1 Å². The van der Waals surface area contributed by atoms with Gasteiger partial charge < -0.3 is 24.6 Å². The molecule has 0 aromatic rings. The standard InChI is InChI=1S/C30H45F2N5O6/c1-4-34-17-23(29(40)42-5-2)28(39)22-14-24(31)27(25(32)26(22)34)36-12-10-35(11-13-36)19-6-8-20(9-7-19)37-16-21(43-30(37)41)15-33-18(3)38/h17,19-22,24-27H,4-16H2,1-3H3,(H,33,38)/t19?,20?,21-,22?,24?,25?,26?,27?/m0/s1. The normalized spacial score (nSPS) is 35.7. The van der Waals surface area contributed by atoms with Crippen molar-refractivity contribution in [2.45, 2.75) is 95.5 Å². The Hall–Kier alpha value is -2.80. The molecule has 43 heavy (non-hydrogen) atoms. The number of ether oxygens (including phenoxy) is 2. The Morgan fingerprint density at radius 2 is 1.65 bits per heavy atom. The van der Waals surface area contributed by atoms with Crippen molar-refractivity contribution in [3.8, 4) is 0 Å². The van der Waals surface area contributed by atoms with Crippen molar-refractivity contribution in [3.05, 3.63) is 11.8 Å². The van der Waals surface area contributed by atoms with E-state index in [1.54, 1.807) is 16.7 Å². The highest BCUT2D eigenvalue weighted by Gasteiger charge is 2.55. The number of nitrogens with one attached hydrogen (secondary N) is 1. The van der Waals surface area contributed by atoms with Gasteiger partial charge in [0, 0.05) is 63.8 Å². The molecule has 2 amide bonds. The molecule has 0 bridgehead atoms. The van der Waals surface area contributed by atoms with Crippen LogP contribution in [0.3, 0.4) is 0 Å². The Kier molecular flexibility index (Phi) is 9.89. The van der Waals surface area contributed by atoms with Crippen molar-refractivity contribution in [2.75, 3.05) is 52.4 Å². The summed E-state index contributed by atoms with van der Waals surface area (Å²) in [5, 5.41) is 2.71. The Morgan fingerprint density at radius 1 is 1.00 bits per heavy atom. The summed E-state index contributed by atoms with van der Waals surface area (Å²) in [5.74, 6) is -2.34. The molecule has 0 aromatic carbocycles. The monoisotopic (exact) mass is 609 g/mol. The first-order chi connectivity index (χ1) is 20.6. The summed E-state index contributed by atoms with van der Waals surface area (Å²) >= 11 is 0. The Bertz CT molecular complexity index is 1090. The van der Waals surface area contributed by atoms with E-state index >= 15 is 8.78 Å². The number of carbonyl (C=O) groups is 4. The largest absolute Gasteiger partial charge is 0.462 e. The number of rotatable bonds is 8. The van der Waals surface area contributed by atoms with Gasteiger partial charge in [-0.05, 0) is 46.0 Å². The first kappa shape index (κ1) is 31.6. The number of carbonyl (C=O) groups excluding carboxylic acids is 4. The molecular weight excluding hydrogens is 564 g/mol. The van der Waals surface area contributed by atoms with Crippen LogP contribution in [-0.2, 0) is 23.9 Å². The minimum atomic E-state index is -1.57. The van der Waals surface area contributed by atoms with Gasteiger partial charge in [0.15, 0.2) is 5.78 Å². The van der Waals surface area contributed by atoms with Crippen LogP contribution in [-0.4, -0.2) is 138 Å². The lowest BCUT2D eigenvalue weighted by Crippen LogP contribution is -2.66. The lowest BCUT2D eigenvalue weighted by atomic mass is 9.72. The third-order valence-corrected chi connectivity index (χ3v) is 9.93. The number of amides is 2. The highest BCUT2D eigenvalue weighted by atomic mass is 19.1. The topological polar surface area (TPSA) is 112 Å². The number of hydrogen-bond donors (Lipinski definition) is 1. The molecule has 3 aliphatic heterocycles. The average Bonchev–Trinajstić information content (AvgIpc) is 3.37. The van der Waals surface area contributed by atoms with E-state index in [0.717, 1.165) is 25.7 Å². The molecule has 2 aliphatic carbocycles. The van der Waals surface area contributed by atoms with E-state index in [1.807, 2.05) is 11.8 Å². The van der Waals surface area contributed by atoms with Crippen LogP contribution in [0.15, 0.2) is 11.8 Å². The van der Waals surface area contributed by atoms with E-state index in [2.05, 4.69) is 10.2 Å². The maximum atomic E-state index is 16.2. The molecule has 6 atom stereocenters. The second kappa shape index (κ2) is 13.5. The van der Waals surface area contributed by atoms with Crippen LogP contribution in [0.2, 0.25) is 0 Å². The average molecular weight is 610 g/mol. The second-order valence-electron chi connectivity index (χ2n) is 12.4. The van der Waals surface area contributed by atoms with Gasteiger partial charge in [0.25, 0.3) is 0 Å². The number of hydrogen-bond acceptors (Lipinski definition) is 9. The Labute approximate surface area is 251 Å². The fraction of sp³-hybridized carbons (Fsp3) is 0.800. The number of alkyl halides is 2. The van der Waals surface area contributed by atoms with Gasteiger partial charge in [-0.2, -0.15) is 0 Å².